The Kier molecular flexibility index (Phi) is 4.75. The minimum absolute atomic E-state index is 0.168. The molecule has 1 spiro atoms. The number of aromatic nitrogens is 1. The minimum Gasteiger partial charge on any atom is -0.335 e. The van der Waals surface area contributed by atoms with Crippen molar-refractivity contribution in [2.45, 2.75) is 64.1 Å². The predicted octanol–water partition coefficient (Wildman–Crippen LogP) is 3.33. The van der Waals surface area contributed by atoms with Crippen molar-refractivity contribution in [3.05, 3.63) is 16.6 Å². The summed E-state index contributed by atoms with van der Waals surface area (Å²) < 4.78 is 0. The van der Waals surface area contributed by atoms with Crippen molar-refractivity contribution in [2.24, 2.45) is 11.3 Å². The van der Waals surface area contributed by atoms with Crippen LogP contribution in [-0.2, 0) is 6.54 Å². The Morgan fingerprint density at radius 2 is 2.24 bits per heavy atom. The highest BCUT2D eigenvalue weighted by molar-refractivity contribution is 7.09. The summed E-state index contributed by atoms with van der Waals surface area (Å²) in [5.41, 5.74) is 0.448. The van der Waals surface area contributed by atoms with E-state index in [0.29, 0.717) is 23.4 Å². The van der Waals surface area contributed by atoms with E-state index in [1.807, 2.05) is 16.5 Å². The van der Waals surface area contributed by atoms with E-state index in [9.17, 15) is 4.79 Å². The van der Waals surface area contributed by atoms with E-state index in [-0.39, 0.29) is 6.03 Å². The van der Waals surface area contributed by atoms with Gasteiger partial charge in [0.15, 0.2) is 0 Å². The number of piperidine rings is 1. The molecule has 25 heavy (non-hydrogen) atoms. The summed E-state index contributed by atoms with van der Waals surface area (Å²) in [6.07, 6.45) is 9.11. The first-order chi connectivity index (χ1) is 12.1. The first kappa shape index (κ1) is 17.3. The van der Waals surface area contributed by atoms with Crippen molar-refractivity contribution < 1.29 is 4.79 Å². The smallest absolute Gasteiger partial charge is 0.317 e. The van der Waals surface area contributed by atoms with E-state index >= 15 is 0 Å². The van der Waals surface area contributed by atoms with E-state index in [0.717, 1.165) is 38.9 Å². The van der Waals surface area contributed by atoms with Gasteiger partial charge in [-0.2, -0.15) is 0 Å². The van der Waals surface area contributed by atoms with Crippen LogP contribution in [0.4, 0.5) is 4.79 Å². The van der Waals surface area contributed by atoms with Gasteiger partial charge in [0.25, 0.3) is 0 Å². The highest BCUT2D eigenvalue weighted by atomic mass is 32.1. The number of carbonyl (C=O) groups is 1. The number of rotatable bonds is 4. The molecule has 2 aliphatic carbocycles. The SMILES string of the molecule is CC1CCCC1NC(=O)N1CCC2(CC1)CC2N(C)Cc1nccs1. The van der Waals surface area contributed by atoms with Crippen LogP contribution in [0.5, 0.6) is 0 Å². The summed E-state index contributed by atoms with van der Waals surface area (Å²) >= 11 is 1.74. The minimum atomic E-state index is 0.168. The standard InChI is InChI=1S/C19H30N4OS/c1-14-4-3-5-15(14)21-18(24)23-9-6-19(7-10-23)12-16(19)22(2)13-17-20-8-11-25-17/h8,11,14-16H,3-7,9-10,12-13H2,1-2H3,(H,21,24). The highest BCUT2D eigenvalue weighted by Crippen LogP contribution is 2.56. The molecule has 2 saturated carbocycles. The molecule has 1 saturated heterocycles. The summed E-state index contributed by atoms with van der Waals surface area (Å²) in [7, 11) is 2.22. The Bertz CT molecular complexity index is 597. The molecule has 3 fully saturated rings. The van der Waals surface area contributed by atoms with Gasteiger partial charge in [0.1, 0.15) is 5.01 Å². The van der Waals surface area contributed by atoms with Gasteiger partial charge in [-0.1, -0.05) is 13.3 Å². The maximum absolute atomic E-state index is 12.6. The van der Waals surface area contributed by atoms with Crippen LogP contribution >= 0.6 is 11.3 Å². The normalized spacial score (nSPS) is 30.8. The lowest BCUT2D eigenvalue weighted by atomic mass is 9.92. The zero-order valence-corrected chi connectivity index (χ0v) is 16.2. The first-order valence-corrected chi connectivity index (χ1v) is 10.6. The van der Waals surface area contributed by atoms with Crippen molar-refractivity contribution in [3.63, 3.8) is 0 Å². The Balaban J connectivity index is 1.25. The van der Waals surface area contributed by atoms with Gasteiger partial charge in [0, 0.05) is 36.8 Å². The maximum atomic E-state index is 12.6. The average Bonchev–Trinajstić information content (AvgIpc) is 2.92. The molecular formula is C19H30N4OS. The number of hydrogen-bond donors (Lipinski definition) is 1. The average molecular weight is 363 g/mol. The molecule has 0 radical (unpaired) electrons. The van der Waals surface area contributed by atoms with E-state index in [4.69, 9.17) is 0 Å². The molecule has 1 aliphatic heterocycles. The summed E-state index contributed by atoms with van der Waals surface area (Å²) in [5.74, 6) is 0.632. The van der Waals surface area contributed by atoms with Crippen LogP contribution in [0.1, 0.15) is 50.5 Å². The molecule has 4 rings (SSSR count). The van der Waals surface area contributed by atoms with Crippen molar-refractivity contribution in [1.29, 1.82) is 0 Å². The molecule has 3 unspecified atom stereocenters. The second-order valence-electron chi connectivity index (χ2n) is 8.37. The fourth-order valence-corrected chi connectivity index (χ4v) is 5.59. The zero-order valence-electron chi connectivity index (χ0n) is 15.4. The Morgan fingerprint density at radius 1 is 1.44 bits per heavy atom. The van der Waals surface area contributed by atoms with Gasteiger partial charge in [-0.05, 0) is 50.5 Å². The third kappa shape index (κ3) is 3.56. The van der Waals surface area contributed by atoms with E-state index in [1.54, 1.807) is 11.3 Å². The number of thiazole rings is 1. The number of hydrogen-bond acceptors (Lipinski definition) is 4. The number of nitrogens with one attached hydrogen (secondary N) is 1. The van der Waals surface area contributed by atoms with Gasteiger partial charge in [-0.25, -0.2) is 9.78 Å². The summed E-state index contributed by atoms with van der Waals surface area (Å²) in [6, 6.07) is 1.22. The van der Waals surface area contributed by atoms with Crippen LogP contribution in [0.15, 0.2) is 11.6 Å². The van der Waals surface area contributed by atoms with Gasteiger partial charge in [0.05, 0.1) is 6.54 Å². The van der Waals surface area contributed by atoms with E-state index in [1.165, 1.54) is 24.3 Å². The van der Waals surface area contributed by atoms with Crippen LogP contribution in [-0.4, -0.2) is 53.0 Å². The number of carbonyl (C=O) groups excluding carboxylic acids is 1. The van der Waals surface area contributed by atoms with Crippen LogP contribution in [0.3, 0.4) is 0 Å². The molecule has 5 nitrogen and oxygen atoms in total. The molecule has 0 aromatic carbocycles. The highest BCUT2D eigenvalue weighted by Gasteiger charge is 2.56. The van der Waals surface area contributed by atoms with Crippen LogP contribution in [0.2, 0.25) is 0 Å². The van der Waals surface area contributed by atoms with E-state index < -0.39 is 0 Å². The lowest BCUT2D eigenvalue weighted by molar-refractivity contribution is 0.144. The maximum Gasteiger partial charge on any atom is 0.317 e. The van der Waals surface area contributed by atoms with Crippen molar-refractivity contribution in [2.75, 3.05) is 20.1 Å². The molecule has 1 aromatic heterocycles. The second kappa shape index (κ2) is 6.88. The number of likely N-dealkylation sites (tertiary alicyclic amines) is 1. The first-order valence-electron chi connectivity index (χ1n) is 9.71. The number of amides is 2. The Hall–Kier alpha value is -1.14. The van der Waals surface area contributed by atoms with Crippen LogP contribution in [0, 0.1) is 11.3 Å². The molecule has 3 aliphatic rings. The summed E-state index contributed by atoms with van der Waals surface area (Å²) in [4.78, 5) is 21.5. The fourth-order valence-electron chi connectivity index (χ4n) is 4.91. The molecule has 2 amide bonds. The van der Waals surface area contributed by atoms with E-state index in [2.05, 4.69) is 29.2 Å². The zero-order chi connectivity index (χ0) is 17.4. The van der Waals surface area contributed by atoms with Gasteiger partial charge in [0.2, 0.25) is 0 Å². The lowest BCUT2D eigenvalue weighted by Crippen LogP contribution is -2.49. The molecule has 0 bridgehead atoms. The molecule has 1 aromatic rings. The monoisotopic (exact) mass is 362 g/mol. The number of urea groups is 1. The van der Waals surface area contributed by atoms with Crippen LogP contribution in [0.25, 0.3) is 0 Å². The van der Waals surface area contributed by atoms with Gasteiger partial charge in [-0.15, -0.1) is 11.3 Å². The molecule has 138 valence electrons. The molecule has 1 N–H and O–H groups in total. The molecule has 3 atom stereocenters. The second-order valence-corrected chi connectivity index (χ2v) is 9.35. The molecular weight excluding hydrogens is 332 g/mol. The Labute approximate surface area is 154 Å². The molecule has 2 heterocycles. The molecule has 6 heteroatoms. The quantitative estimate of drug-likeness (QED) is 0.894. The van der Waals surface area contributed by atoms with Crippen molar-refractivity contribution in [3.8, 4) is 0 Å². The third-order valence-electron chi connectivity index (χ3n) is 6.76. The van der Waals surface area contributed by atoms with Gasteiger partial charge < -0.3 is 10.2 Å². The van der Waals surface area contributed by atoms with Gasteiger partial charge in [-0.3, -0.25) is 4.90 Å². The van der Waals surface area contributed by atoms with Gasteiger partial charge >= 0.3 is 6.03 Å². The largest absolute Gasteiger partial charge is 0.335 e. The van der Waals surface area contributed by atoms with Crippen LogP contribution < -0.4 is 5.32 Å². The number of nitrogens with zero attached hydrogens (tertiary/aromatic N) is 3. The summed E-state index contributed by atoms with van der Waals surface area (Å²) in [5, 5.41) is 6.53. The lowest BCUT2D eigenvalue weighted by Gasteiger charge is -2.35. The third-order valence-corrected chi connectivity index (χ3v) is 7.53. The fraction of sp³-hybridized carbons (Fsp3) is 0.789. The topological polar surface area (TPSA) is 48.5 Å². The summed E-state index contributed by atoms with van der Waals surface area (Å²) in [6.45, 7) is 5.03. The Morgan fingerprint density at radius 3 is 2.88 bits per heavy atom. The predicted molar refractivity (Wildman–Crippen MR) is 101 cm³/mol. The van der Waals surface area contributed by atoms with Crippen molar-refractivity contribution >= 4 is 17.4 Å². The van der Waals surface area contributed by atoms with Crippen molar-refractivity contribution in [1.82, 2.24) is 20.1 Å².